The quantitative estimate of drug-likeness (QED) is 0.211. The highest BCUT2D eigenvalue weighted by Crippen LogP contribution is 2.65. The highest BCUT2D eigenvalue weighted by atomic mass is 16.6. The number of hydrogen-bond donors (Lipinski definition) is 4. The van der Waals surface area contributed by atoms with Crippen LogP contribution < -0.4 is 21.3 Å². The summed E-state index contributed by atoms with van der Waals surface area (Å²) in [4.78, 5) is 96.2. The first kappa shape index (κ1) is 41.9. The van der Waals surface area contributed by atoms with Gasteiger partial charge in [0.15, 0.2) is 0 Å². The smallest absolute Gasteiger partial charge is 0.408 e. The van der Waals surface area contributed by atoms with Gasteiger partial charge in [0.1, 0.15) is 23.7 Å². The van der Waals surface area contributed by atoms with Gasteiger partial charge in [-0.15, -0.1) is 0 Å². The molecule has 1 aliphatic heterocycles. The van der Waals surface area contributed by atoms with Crippen molar-refractivity contribution in [2.75, 3.05) is 27.2 Å². The van der Waals surface area contributed by atoms with E-state index in [1.807, 2.05) is 41.5 Å². The molecule has 2 fully saturated rings. The Balaban J connectivity index is 1.76. The van der Waals surface area contributed by atoms with E-state index in [4.69, 9.17) is 4.74 Å². The maximum absolute atomic E-state index is 14.2. The fourth-order valence-corrected chi connectivity index (χ4v) is 6.80. The number of likely N-dealkylation sites (N-methyl/N-ethyl adjacent to an activating group) is 1. The molecule has 52 heavy (non-hydrogen) atoms. The number of amides is 6. The number of ketones is 1. The zero-order valence-corrected chi connectivity index (χ0v) is 32.5. The van der Waals surface area contributed by atoms with Crippen molar-refractivity contribution in [1.29, 1.82) is 0 Å². The Kier molecular flexibility index (Phi) is 13.3. The van der Waals surface area contributed by atoms with E-state index in [2.05, 4.69) is 21.3 Å². The van der Waals surface area contributed by atoms with Crippen molar-refractivity contribution in [3.05, 3.63) is 35.9 Å². The molecule has 6 atom stereocenters. The lowest BCUT2D eigenvalue weighted by atomic mass is 9.85. The Morgan fingerprint density at radius 1 is 0.942 bits per heavy atom. The molecule has 1 aromatic carbocycles. The van der Waals surface area contributed by atoms with E-state index >= 15 is 0 Å². The molecule has 2 aliphatic rings. The molecule has 0 bridgehead atoms. The predicted molar refractivity (Wildman–Crippen MR) is 194 cm³/mol. The van der Waals surface area contributed by atoms with Crippen molar-refractivity contribution in [1.82, 2.24) is 31.1 Å². The Bertz CT molecular complexity index is 1510. The Labute approximate surface area is 307 Å². The largest absolute Gasteiger partial charge is 0.444 e. The van der Waals surface area contributed by atoms with E-state index in [1.54, 1.807) is 65.2 Å². The summed E-state index contributed by atoms with van der Waals surface area (Å²) in [6.07, 6.45) is 0.611. The van der Waals surface area contributed by atoms with E-state index in [1.165, 1.54) is 9.80 Å². The molecule has 0 aromatic heterocycles. The van der Waals surface area contributed by atoms with Crippen molar-refractivity contribution < 1.29 is 38.3 Å². The number of piperidine rings is 1. The number of fused-ring (bicyclic) bond motifs is 1. The van der Waals surface area contributed by atoms with Crippen LogP contribution in [0, 0.1) is 22.7 Å². The summed E-state index contributed by atoms with van der Waals surface area (Å²) in [6, 6.07) is 4.47. The molecular formula is C38H58N6O8. The Morgan fingerprint density at radius 2 is 1.56 bits per heavy atom. The van der Waals surface area contributed by atoms with Gasteiger partial charge in [0, 0.05) is 20.6 Å². The molecule has 3 rings (SSSR count). The maximum Gasteiger partial charge on any atom is 0.408 e. The number of rotatable bonds is 14. The van der Waals surface area contributed by atoms with Crippen molar-refractivity contribution in [3.63, 3.8) is 0 Å². The third-order valence-electron chi connectivity index (χ3n) is 9.77. The second-order valence-electron chi connectivity index (χ2n) is 16.7. The summed E-state index contributed by atoms with van der Waals surface area (Å²) in [5.74, 6) is -4.23. The highest BCUT2D eigenvalue weighted by Gasteiger charge is 2.70. The third-order valence-corrected chi connectivity index (χ3v) is 9.77. The number of alkyl carbamates (subject to hydrolysis) is 1. The topological polar surface area (TPSA) is 183 Å². The molecule has 0 spiro atoms. The van der Waals surface area contributed by atoms with Gasteiger partial charge in [-0.1, -0.05) is 84.7 Å². The Morgan fingerprint density at radius 3 is 2.10 bits per heavy atom. The fraction of sp³-hybridized carbons (Fsp3) is 0.658. The van der Waals surface area contributed by atoms with Gasteiger partial charge in [0.05, 0.1) is 12.6 Å². The SMILES string of the molecule is CCCCC(NC(=O)[C@@H]1C2C(CN1C(=O)[C@@H](NC(=O)OC(C)(C)C)C(C)(C)C)C2(C)C)C(=O)C(=O)NCC(=O)N[C@H](C(=O)N(C)C)c1ccccc1. The number of likely N-dealkylation sites (tertiary alicyclic amines) is 1. The second-order valence-corrected chi connectivity index (χ2v) is 16.7. The molecule has 6 amide bonds. The number of nitrogens with one attached hydrogen (secondary N) is 4. The zero-order chi connectivity index (χ0) is 39.3. The minimum absolute atomic E-state index is 0.0278. The number of ether oxygens (including phenoxy) is 1. The van der Waals surface area contributed by atoms with Crippen molar-refractivity contribution in [2.45, 2.75) is 111 Å². The van der Waals surface area contributed by atoms with Gasteiger partial charge in [0.25, 0.3) is 5.91 Å². The van der Waals surface area contributed by atoms with E-state index in [-0.39, 0.29) is 29.6 Å². The summed E-state index contributed by atoms with van der Waals surface area (Å²) < 4.78 is 5.43. The summed E-state index contributed by atoms with van der Waals surface area (Å²) in [5, 5.41) is 10.4. The van der Waals surface area contributed by atoms with Gasteiger partial charge < -0.3 is 35.8 Å². The van der Waals surface area contributed by atoms with E-state index in [0.717, 1.165) is 0 Å². The number of benzene rings is 1. The molecule has 14 heteroatoms. The number of carbonyl (C=O) groups is 7. The molecular weight excluding hydrogens is 668 g/mol. The molecule has 1 heterocycles. The van der Waals surface area contributed by atoms with Crippen LogP contribution in [0.1, 0.15) is 93.2 Å². The van der Waals surface area contributed by atoms with Gasteiger partial charge in [0.2, 0.25) is 29.4 Å². The number of carbonyl (C=O) groups excluding carboxylic acids is 7. The first-order valence-corrected chi connectivity index (χ1v) is 18.0. The molecule has 0 radical (unpaired) electrons. The molecule has 1 saturated heterocycles. The van der Waals surface area contributed by atoms with Crippen LogP contribution in [0.4, 0.5) is 4.79 Å². The first-order chi connectivity index (χ1) is 24.0. The monoisotopic (exact) mass is 726 g/mol. The van der Waals surface area contributed by atoms with Crippen LogP contribution in [0.3, 0.4) is 0 Å². The van der Waals surface area contributed by atoms with E-state index in [0.29, 0.717) is 24.9 Å². The second kappa shape index (κ2) is 16.5. The summed E-state index contributed by atoms with van der Waals surface area (Å²) in [6.45, 7) is 16.3. The number of unbranched alkanes of at least 4 members (excludes halogenated alkanes) is 1. The summed E-state index contributed by atoms with van der Waals surface area (Å²) in [7, 11) is 3.12. The molecule has 288 valence electrons. The normalized spacial score (nSPS) is 20.7. The Hall–Kier alpha value is -4.49. The van der Waals surface area contributed by atoms with E-state index in [9.17, 15) is 33.6 Å². The highest BCUT2D eigenvalue weighted by molar-refractivity contribution is 6.38. The standard InChI is InChI=1S/C38H58N6O8/c1-12-13-19-24(29(46)32(48)39-20-25(45)41-27(33(49)43(10)11)22-17-15-14-16-18-22)40-31(47)28-26-23(38(26,8)9)21-44(28)34(50)30(36(2,3)4)42-35(51)52-37(5,6)7/h14-18,23-24,26-28,30H,12-13,19-21H2,1-11H3,(H,39,48)(H,40,47)(H,41,45)(H,42,51)/t23?,24?,26?,27-,28-,30+/m0/s1. The van der Waals surface area contributed by atoms with Crippen LogP contribution >= 0.6 is 0 Å². The zero-order valence-electron chi connectivity index (χ0n) is 32.5. The lowest BCUT2D eigenvalue weighted by molar-refractivity contribution is -0.145. The first-order valence-electron chi connectivity index (χ1n) is 18.0. The van der Waals surface area contributed by atoms with Crippen molar-refractivity contribution in [2.24, 2.45) is 22.7 Å². The third kappa shape index (κ3) is 10.3. The van der Waals surface area contributed by atoms with Gasteiger partial charge in [-0.2, -0.15) is 0 Å². The summed E-state index contributed by atoms with van der Waals surface area (Å²) in [5.41, 5.74) is -1.21. The van der Waals surface area contributed by atoms with Crippen LogP contribution in [0.5, 0.6) is 0 Å². The van der Waals surface area contributed by atoms with E-state index < -0.39 is 77.2 Å². The van der Waals surface area contributed by atoms with Gasteiger partial charge >= 0.3 is 6.09 Å². The van der Waals surface area contributed by atoms with Crippen LogP contribution in [0.25, 0.3) is 0 Å². The molecule has 3 unspecified atom stereocenters. The van der Waals surface area contributed by atoms with Crippen molar-refractivity contribution in [3.8, 4) is 0 Å². The van der Waals surface area contributed by atoms with Gasteiger partial charge in [-0.05, 0) is 55.4 Å². The van der Waals surface area contributed by atoms with Crippen LogP contribution in [-0.2, 0) is 33.5 Å². The lowest BCUT2D eigenvalue weighted by Gasteiger charge is -2.38. The number of hydrogen-bond acceptors (Lipinski definition) is 8. The maximum atomic E-state index is 14.2. The minimum Gasteiger partial charge on any atom is -0.444 e. The van der Waals surface area contributed by atoms with Crippen molar-refractivity contribution >= 4 is 41.4 Å². The average molecular weight is 727 g/mol. The fourth-order valence-electron chi connectivity index (χ4n) is 6.80. The predicted octanol–water partition coefficient (Wildman–Crippen LogP) is 2.71. The molecule has 1 aliphatic carbocycles. The molecule has 4 N–H and O–H groups in total. The van der Waals surface area contributed by atoms with Gasteiger partial charge in [-0.25, -0.2) is 4.79 Å². The minimum atomic E-state index is -1.21. The average Bonchev–Trinajstić information content (AvgIpc) is 3.35. The molecule has 14 nitrogen and oxygen atoms in total. The van der Waals surface area contributed by atoms with Crippen LogP contribution in [0.15, 0.2) is 30.3 Å². The number of nitrogens with zero attached hydrogens (tertiary/aromatic N) is 2. The summed E-state index contributed by atoms with van der Waals surface area (Å²) >= 11 is 0. The molecule has 1 aromatic rings. The van der Waals surface area contributed by atoms with Gasteiger partial charge in [-0.3, -0.25) is 28.8 Å². The van der Waals surface area contributed by atoms with Crippen LogP contribution in [-0.4, -0.2) is 102 Å². The molecule has 1 saturated carbocycles. The lowest BCUT2D eigenvalue weighted by Crippen LogP contribution is -2.60. The van der Waals surface area contributed by atoms with Crippen LogP contribution in [0.2, 0.25) is 0 Å². The number of Topliss-reactive ketones (excluding diaryl/α,β-unsaturated/α-hetero) is 1.